The summed E-state index contributed by atoms with van der Waals surface area (Å²) in [7, 11) is 0. The van der Waals surface area contributed by atoms with E-state index in [-0.39, 0.29) is 0 Å². The number of carbonyl (C=O) groups is 2. The molecule has 0 unspecified atom stereocenters. The second-order valence-corrected chi connectivity index (χ2v) is 1.76. The van der Waals surface area contributed by atoms with Gasteiger partial charge in [0.1, 0.15) is 6.04 Å². The van der Waals surface area contributed by atoms with E-state index in [1.807, 2.05) is 0 Å². The Morgan fingerprint density at radius 2 is 2.40 bits per heavy atom. The van der Waals surface area contributed by atoms with Crippen LogP contribution in [0.5, 0.6) is 0 Å². The van der Waals surface area contributed by atoms with E-state index in [1.165, 1.54) is 0 Å². The van der Waals surface area contributed by atoms with E-state index >= 15 is 0 Å². The summed E-state index contributed by atoms with van der Waals surface area (Å²) < 4.78 is 4.60. The number of ether oxygens (including phenoxy) is 1. The lowest BCUT2D eigenvalue weighted by Gasteiger charge is -2.07. The molecule has 1 N–H and O–H groups in total. The molecule has 10 heavy (non-hydrogen) atoms. The van der Waals surface area contributed by atoms with Gasteiger partial charge in [-0.05, 0) is 13.8 Å². The number of nitrogens with one attached hydrogen (secondary N) is 1. The van der Waals surface area contributed by atoms with Crippen molar-refractivity contribution in [1.29, 1.82) is 0 Å². The van der Waals surface area contributed by atoms with Crippen molar-refractivity contribution in [2.75, 3.05) is 6.61 Å². The van der Waals surface area contributed by atoms with Crippen molar-refractivity contribution in [1.82, 2.24) is 5.32 Å². The Bertz CT molecular complexity index is 124. The van der Waals surface area contributed by atoms with E-state index in [9.17, 15) is 9.59 Å². The van der Waals surface area contributed by atoms with Gasteiger partial charge < -0.3 is 10.1 Å². The van der Waals surface area contributed by atoms with Gasteiger partial charge in [0.2, 0.25) is 6.41 Å². The Balaban J connectivity index is 3.58. The molecule has 0 spiro atoms. The number of esters is 1. The van der Waals surface area contributed by atoms with Crippen LogP contribution in [0.25, 0.3) is 0 Å². The molecule has 1 amide bonds. The summed E-state index contributed by atoms with van der Waals surface area (Å²) in [4.78, 5) is 20.5. The molecule has 1 atom stereocenters. The number of amides is 1. The lowest BCUT2D eigenvalue weighted by Crippen LogP contribution is -2.34. The molecular weight excluding hydrogens is 134 g/mol. The van der Waals surface area contributed by atoms with E-state index in [4.69, 9.17) is 0 Å². The Morgan fingerprint density at radius 3 is 2.80 bits per heavy atom. The SMILES string of the molecule is CCOC(=O)[C@@H](C)NC=O. The van der Waals surface area contributed by atoms with Gasteiger partial charge in [-0.1, -0.05) is 0 Å². The van der Waals surface area contributed by atoms with Crippen LogP contribution in [0.3, 0.4) is 0 Å². The first-order valence-electron chi connectivity index (χ1n) is 3.08. The van der Waals surface area contributed by atoms with Crippen LogP contribution in [-0.2, 0) is 14.3 Å². The Hall–Kier alpha value is -1.06. The van der Waals surface area contributed by atoms with Crippen LogP contribution in [0, 0.1) is 0 Å². The molecule has 0 radical (unpaired) electrons. The van der Waals surface area contributed by atoms with Crippen LogP contribution in [0.15, 0.2) is 0 Å². The molecule has 0 bridgehead atoms. The molecule has 0 aromatic heterocycles. The fraction of sp³-hybridized carbons (Fsp3) is 0.667. The van der Waals surface area contributed by atoms with Crippen LogP contribution in [0.1, 0.15) is 13.8 Å². The third kappa shape index (κ3) is 3.06. The average molecular weight is 145 g/mol. The smallest absolute Gasteiger partial charge is 0.328 e. The van der Waals surface area contributed by atoms with Crippen molar-refractivity contribution < 1.29 is 14.3 Å². The van der Waals surface area contributed by atoms with Gasteiger partial charge in [-0.2, -0.15) is 0 Å². The van der Waals surface area contributed by atoms with Crippen molar-refractivity contribution in [2.45, 2.75) is 19.9 Å². The molecule has 4 heteroatoms. The number of hydrogen-bond acceptors (Lipinski definition) is 3. The Labute approximate surface area is 59.6 Å². The molecular formula is C6H11NO3. The van der Waals surface area contributed by atoms with Crippen LogP contribution < -0.4 is 5.32 Å². The van der Waals surface area contributed by atoms with E-state index in [1.54, 1.807) is 13.8 Å². The zero-order chi connectivity index (χ0) is 7.98. The Kier molecular flexibility index (Phi) is 4.28. The van der Waals surface area contributed by atoms with Crippen LogP contribution in [-0.4, -0.2) is 25.0 Å². The number of hydrogen-bond donors (Lipinski definition) is 1. The number of carbonyl (C=O) groups excluding carboxylic acids is 2. The molecule has 0 aromatic rings. The molecule has 0 aliphatic heterocycles. The first-order valence-corrected chi connectivity index (χ1v) is 3.08. The zero-order valence-corrected chi connectivity index (χ0v) is 6.09. The molecule has 0 fully saturated rings. The van der Waals surface area contributed by atoms with Crippen LogP contribution >= 0.6 is 0 Å². The van der Waals surface area contributed by atoms with Gasteiger partial charge in [0.15, 0.2) is 0 Å². The first-order chi connectivity index (χ1) is 4.72. The lowest BCUT2D eigenvalue weighted by atomic mass is 10.3. The fourth-order valence-electron chi connectivity index (χ4n) is 0.437. The summed E-state index contributed by atoms with van der Waals surface area (Å²) in [6, 6.07) is -0.544. The Morgan fingerprint density at radius 1 is 1.80 bits per heavy atom. The van der Waals surface area contributed by atoms with Crippen molar-refractivity contribution in [3.05, 3.63) is 0 Å². The monoisotopic (exact) mass is 145 g/mol. The first kappa shape index (κ1) is 8.94. The van der Waals surface area contributed by atoms with Gasteiger partial charge in [0.05, 0.1) is 6.61 Å². The summed E-state index contributed by atoms with van der Waals surface area (Å²) in [6.45, 7) is 3.61. The fourth-order valence-corrected chi connectivity index (χ4v) is 0.437. The molecule has 0 rings (SSSR count). The minimum absolute atomic E-state index is 0.337. The normalized spacial score (nSPS) is 11.8. The minimum Gasteiger partial charge on any atom is -0.464 e. The molecule has 0 aliphatic carbocycles. The molecule has 0 heterocycles. The predicted octanol–water partition coefficient (Wildman–Crippen LogP) is -0.316. The maximum absolute atomic E-state index is 10.7. The molecule has 0 aliphatic rings. The highest BCUT2D eigenvalue weighted by molar-refractivity contribution is 5.77. The second-order valence-electron chi connectivity index (χ2n) is 1.76. The summed E-state index contributed by atoms with van der Waals surface area (Å²) in [6.07, 6.45) is 0.474. The highest BCUT2D eigenvalue weighted by Crippen LogP contribution is 1.84. The summed E-state index contributed by atoms with van der Waals surface area (Å²) >= 11 is 0. The molecule has 0 saturated heterocycles. The van der Waals surface area contributed by atoms with Crippen molar-refractivity contribution in [3.8, 4) is 0 Å². The molecule has 0 saturated carbocycles. The third-order valence-corrected chi connectivity index (χ3v) is 0.958. The second kappa shape index (κ2) is 4.78. The van der Waals surface area contributed by atoms with Crippen LogP contribution in [0.2, 0.25) is 0 Å². The third-order valence-electron chi connectivity index (χ3n) is 0.958. The maximum atomic E-state index is 10.7. The number of rotatable bonds is 4. The highest BCUT2D eigenvalue weighted by atomic mass is 16.5. The standard InChI is InChI=1S/C6H11NO3/c1-3-10-6(9)5(2)7-4-8/h4-5H,3H2,1-2H3,(H,7,8)/t5-/m1/s1. The largest absolute Gasteiger partial charge is 0.464 e. The van der Waals surface area contributed by atoms with E-state index in [2.05, 4.69) is 10.1 Å². The summed E-state index contributed by atoms with van der Waals surface area (Å²) in [5.41, 5.74) is 0. The van der Waals surface area contributed by atoms with E-state index < -0.39 is 12.0 Å². The minimum atomic E-state index is -0.544. The summed E-state index contributed by atoms with van der Waals surface area (Å²) in [5, 5.41) is 2.27. The topological polar surface area (TPSA) is 55.4 Å². The lowest BCUT2D eigenvalue weighted by molar-refractivity contribution is -0.145. The maximum Gasteiger partial charge on any atom is 0.328 e. The van der Waals surface area contributed by atoms with E-state index in [0.717, 1.165) is 0 Å². The molecule has 0 aromatic carbocycles. The van der Waals surface area contributed by atoms with Crippen LogP contribution in [0.4, 0.5) is 0 Å². The highest BCUT2D eigenvalue weighted by Gasteiger charge is 2.10. The zero-order valence-electron chi connectivity index (χ0n) is 6.09. The van der Waals surface area contributed by atoms with Crippen molar-refractivity contribution in [2.24, 2.45) is 0 Å². The van der Waals surface area contributed by atoms with Crippen molar-refractivity contribution in [3.63, 3.8) is 0 Å². The van der Waals surface area contributed by atoms with Gasteiger partial charge in [-0.3, -0.25) is 4.79 Å². The van der Waals surface area contributed by atoms with Crippen molar-refractivity contribution >= 4 is 12.4 Å². The molecule has 4 nitrogen and oxygen atoms in total. The van der Waals surface area contributed by atoms with Gasteiger partial charge in [0.25, 0.3) is 0 Å². The van der Waals surface area contributed by atoms with Gasteiger partial charge in [0, 0.05) is 0 Å². The summed E-state index contributed by atoms with van der Waals surface area (Å²) in [5.74, 6) is -0.408. The van der Waals surface area contributed by atoms with Gasteiger partial charge in [-0.25, -0.2) is 4.79 Å². The molecule has 58 valence electrons. The average Bonchev–Trinajstić information content (AvgIpc) is 1.89. The van der Waals surface area contributed by atoms with Gasteiger partial charge >= 0.3 is 5.97 Å². The quantitative estimate of drug-likeness (QED) is 0.436. The predicted molar refractivity (Wildman–Crippen MR) is 35.3 cm³/mol. The van der Waals surface area contributed by atoms with Gasteiger partial charge in [-0.15, -0.1) is 0 Å². The van der Waals surface area contributed by atoms with E-state index in [0.29, 0.717) is 13.0 Å².